The summed E-state index contributed by atoms with van der Waals surface area (Å²) in [7, 11) is 1.79. The Bertz CT molecular complexity index is 765. The summed E-state index contributed by atoms with van der Waals surface area (Å²) in [5.41, 5.74) is 2.29. The monoisotopic (exact) mass is 398 g/mol. The lowest BCUT2D eigenvalue weighted by atomic mass is 10.1. The van der Waals surface area contributed by atoms with Crippen molar-refractivity contribution < 1.29 is 4.52 Å². The lowest BCUT2D eigenvalue weighted by molar-refractivity contribution is 0.197. The number of anilines is 1. The fourth-order valence-electron chi connectivity index (χ4n) is 3.51. The largest absolute Gasteiger partial charge is 0.369 e. The molecule has 0 amide bonds. The Morgan fingerprint density at radius 1 is 1.10 bits per heavy atom. The SMILES string of the molecule is CN=C(NCc1cc(C(C)C)no1)NCC(C)N1CCN(c2ccccc2)CC1. The van der Waals surface area contributed by atoms with E-state index in [1.54, 1.807) is 7.05 Å². The summed E-state index contributed by atoms with van der Waals surface area (Å²) in [6.07, 6.45) is 0. The Morgan fingerprint density at radius 2 is 1.83 bits per heavy atom. The average molecular weight is 399 g/mol. The first-order valence-corrected chi connectivity index (χ1v) is 10.5. The summed E-state index contributed by atoms with van der Waals surface area (Å²) in [6, 6.07) is 13.1. The Labute approximate surface area is 174 Å². The van der Waals surface area contributed by atoms with Gasteiger partial charge >= 0.3 is 0 Å². The van der Waals surface area contributed by atoms with Gasteiger partial charge in [-0.15, -0.1) is 0 Å². The van der Waals surface area contributed by atoms with Crippen molar-refractivity contribution in [2.24, 2.45) is 4.99 Å². The highest BCUT2D eigenvalue weighted by Crippen LogP contribution is 2.16. The molecule has 0 saturated carbocycles. The third-order valence-corrected chi connectivity index (χ3v) is 5.45. The fourth-order valence-corrected chi connectivity index (χ4v) is 3.51. The minimum absolute atomic E-state index is 0.369. The molecular formula is C22H34N6O. The molecule has 1 saturated heterocycles. The highest BCUT2D eigenvalue weighted by atomic mass is 16.5. The van der Waals surface area contributed by atoms with Crippen LogP contribution in [0.3, 0.4) is 0 Å². The first kappa shape index (κ1) is 21.2. The van der Waals surface area contributed by atoms with Crippen LogP contribution in [0.4, 0.5) is 5.69 Å². The predicted octanol–water partition coefficient (Wildman–Crippen LogP) is 2.67. The molecule has 2 aromatic rings. The number of hydrogen-bond donors (Lipinski definition) is 2. The van der Waals surface area contributed by atoms with Gasteiger partial charge in [-0.2, -0.15) is 0 Å². The van der Waals surface area contributed by atoms with E-state index in [0.29, 0.717) is 18.5 Å². The highest BCUT2D eigenvalue weighted by molar-refractivity contribution is 5.79. The molecule has 0 spiro atoms. The normalized spacial score (nSPS) is 16.9. The summed E-state index contributed by atoms with van der Waals surface area (Å²) in [4.78, 5) is 9.31. The van der Waals surface area contributed by atoms with Crippen molar-refractivity contribution in [3.63, 3.8) is 0 Å². The number of piperazine rings is 1. The molecule has 1 fully saturated rings. The van der Waals surface area contributed by atoms with Crippen molar-refractivity contribution in [2.45, 2.75) is 39.3 Å². The van der Waals surface area contributed by atoms with Crippen molar-refractivity contribution in [1.82, 2.24) is 20.7 Å². The van der Waals surface area contributed by atoms with Crippen LogP contribution in [0, 0.1) is 0 Å². The van der Waals surface area contributed by atoms with Crippen LogP contribution in [0.2, 0.25) is 0 Å². The smallest absolute Gasteiger partial charge is 0.191 e. The van der Waals surface area contributed by atoms with Gasteiger partial charge in [0.2, 0.25) is 0 Å². The summed E-state index contributed by atoms with van der Waals surface area (Å²) < 4.78 is 5.38. The van der Waals surface area contributed by atoms with Gasteiger partial charge in [-0.1, -0.05) is 37.2 Å². The van der Waals surface area contributed by atoms with Crippen LogP contribution in [0.1, 0.15) is 38.1 Å². The summed E-state index contributed by atoms with van der Waals surface area (Å²) >= 11 is 0. The van der Waals surface area contributed by atoms with Crippen molar-refractivity contribution in [1.29, 1.82) is 0 Å². The molecule has 3 rings (SSSR count). The van der Waals surface area contributed by atoms with Gasteiger partial charge in [0.05, 0.1) is 12.2 Å². The number of rotatable bonds is 7. The van der Waals surface area contributed by atoms with E-state index in [1.807, 2.05) is 6.07 Å². The van der Waals surface area contributed by atoms with E-state index < -0.39 is 0 Å². The molecular weight excluding hydrogens is 364 g/mol. The second-order valence-electron chi connectivity index (χ2n) is 7.89. The summed E-state index contributed by atoms with van der Waals surface area (Å²) in [6.45, 7) is 12.2. The van der Waals surface area contributed by atoms with Crippen molar-refractivity contribution >= 4 is 11.6 Å². The predicted molar refractivity (Wildman–Crippen MR) is 118 cm³/mol. The van der Waals surface area contributed by atoms with Crippen molar-refractivity contribution in [3.8, 4) is 0 Å². The van der Waals surface area contributed by atoms with Crippen LogP contribution in [0.25, 0.3) is 0 Å². The van der Waals surface area contributed by atoms with Gasteiger partial charge in [0.25, 0.3) is 0 Å². The van der Waals surface area contributed by atoms with Crippen LogP contribution in [-0.2, 0) is 6.54 Å². The van der Waals surface area contributed by atoms with E-state index in [1.165, 1.54) is 5.69 Å². The van der Waals surface area contributed by atoms with E-state index in [4.69, 9.17) is 4.52 Å². The number of aliphatic imine (C=N–C) groups is 1. The molecule has 2 N–H and O–H groups in total. The standard InChI is InChI=1S/C22H34N6O/c1-17(2)21-14-20(29-26-21)16-25-22(23-4)24-15-18(3)27-10-12-28(13-11-27)19-8-6-5-7-9-19/h5-9,14,17-18H,10-13,15-16H2,1-4H3,(H2,23,24,25). The lowest BCUT2D eigenvalue weighted by Gasteiger charge is -2.39. The van der Waals surface area contributed by atoms with Gasteiger partial charge in [-0.3, -0.25) is 9.89 Å². The molecule has 1 aromatic carbocycles. The molecule has 7 nitrogen and oxygen atoms in total. The highest BCUT2D eigenvalue weighted by Gasteiger charge is 2.21. The number of nitrogens with one attached hydrogen (secondary N) is 2. The zero-order chi connectivity index (χ0) is 20.6. The van der Waals surface area contributed by atoms with Crippen LogP contribution >= 0.6 is 0 Å². The second-order valence-corrected chi connectivity index (χ2v) is 7.89. The minimum atomic E-state index is 0.369. The van der Waals surface area contributed by atoms with Crippen LogP contribution in [-0.4, -0.2) is 61.8 Å². The van der Waals surface area contributed by atoms with Gasteiger partial charge < -0.3 is 20.1 Å². The number of nitrogens with zero attached hydrogens (tertiary/aromatic N) is 4. The average Bonchev–Trinajstić information content (AvgIpc) is 3.24. The number of aromatic nitrogens is 1. The molecule has 158 valence electrons. The minimum Gasteiger partial charge on any atom is -0.369 e. The third-order valence-electron chi connectivity index (χ3n) is 5.45. The van der Waals surface area contributed by atoms with E-state index in [-0.39, 0.29) is 0 Å². The maximum atomic E-state index is 5.38. The van der Waals surface area contributed by atoms with Crippen LogP contribution < -0.4 is 15.5 Å². The number of benzene rings is 1. The molecule has 0 bridgehead atoms. The van der Waals surface area contributed by atoms with Gasteiger partial charge in [0.15, 0.2) is 11.7 Å². The van der Waals surface area contributed by atoms with E-state index in [2.05, 4.69) is 81.7 Å². The van der Waals surface area contributed by atoms with Gasteiger partial charge in [0.1, 0.15) is 0 Å². The Kier molecular flexibility index (Phi) is 7.52. The maximum Gasteiger partial charge on any atom is 0.191 e. The quantitative estimate of drug-likeness (QED) is 0.552. The molecule has 2 heterocycles. The maximum absolute atomic E-state index is 5.38. The van der Waals surface area contributed by atoms with E-state index in [0.717, 1.165) is 50.1 Å². The molecule has 0 radical (unpaired) electrons. The first-order chi connectivity index (χ1) is 14.1. The summed E-state index contributed by atoms with van der Waals surface area (Å²) in [5, 5.41) is 10.8. The molecule has 7 heteroatoms. The topological polar surface area (TPSA) is 68.9 Å². The van der Waals surface area contributed by atoms with Crippen molar-refractivity contribution in [3.05, 3.63) is 47.9 Å². The van der Waals surface area contributed by atoms with Crippen LogP contribution in [0.5, 0.6) is 0 Å². The van der Waals surface area contributed by atoms with Gasteiger partial charge in [-0.05, 0) is 25.0 Å². The Morgan fingerprint density at radius 3 is 2.45 bits per heavy atom. The molecule has 1 aliphatic heterocycles. The number of hydrogen-bond acceptors (Lipinski definition) is 5. The molecule has 1 unspecified atom stereocenters. The Hall–Kier alpha value is -2.54. The van der Waals surface area contributed by atoms with E-state index >= 15 is 0 Å². The summed E-state index contributed by atoms with van der Waals surface area (Å²) in [5.74, 6) is 1.97. The molecule has 1 atom stereocenters. The molecule has 29 heavy (non-hydrogen) atoms. The van der Waals surface area contributed by atoms with Crippen LogP contribution in [0.15, 0.2) is 45.9 Å². The third kappa shape index (κ3) is 5.97. The van der Waals surface area contributed by atoms with Gasteiger partial charge in [0, 0.05) is 57.6 Å². The van der Waals surface area contributed by atoms with E-state index in [9.17, 15) is 0 Å². The van der Waals surface area contributed by atoms with Crippen molar-refractivity contribution in [2.75, 3.05) is 44.7 Å². The molecule has 1 aliphatic rings. The number of para-hydroxylation sites is 1. The second kappa shape index (κ2) is 10.3. The first-order valence-electron chi connectivity index (χ1n) is 10.5. The zero-order valence-electron chi connectivity index (χ0n) is 18.1. The lowest BCUT2D eigenvalue weighted by Crippen LogP contribution is -2.53. The number of guanidine groups is 1. The molecule has 0 aliphatic carbocycles. The van der Waals surface area contributed by atoms with Gasteiger partial charge in [-0.25, -0.2) is 0 Å². The molecule has 1 aromatic heterocycles. The fraction of sp³-hybridized carbons (Fsp3) is 0.545. The Balaban J connectivity index is 1.40. The zero-order valence-corrected chi connectivity index (χ0v) is 18.1.